The minimum Gasteiger partial charge on any atom is -0.311 e. The molecule has 0 aromatic heterocycles. The Balaban J connectivity index is 1.08. The summed E-state index contributed by atoms with van der Waals surface area (Å²) >= 11 is 0. The molecule has 0 aliphatic carbocycles. The van der Waals surface area contributed by atoms with Gasteiger partial charge in [0.05, 0.1) is 0 Å². The number of hydrogen-bond acceptors (Lipinski definition) is 4. The van der Waals surface area contributed by atoms with Crippen LogP contribution in [0.1, 0.15) is 33.4 Å². The summed E-state index contributed by atoms with van der Waals surface area (Å²) in [5.41, 5.74) is 20.6. The van der Waals surface area contributed by atoms with Crippen LogP contribution in [-0.2, 0) is 0 Å². The largest absolute Gasteiger partial charge is 0.311 e. The highest BCUT2D eigenvalue weighted by molar-refractivity contribution is 5.85. The smallest absolute Gasteiger partial charge is 0.0463 e. The summed E-state index contributed by atoms with van der Waals surface area (Å²) in [5.74, 6) is 0. The lowest BCUT2D eigenvalue weighted by atomic mass is 10.1. The Kier molecular flexibility index (Phi) is 11.8. The molecule has 314 valence electrons. The second-order valence-corrected chi connectivity index (χ2v) is 16.9. The molecule has 0 saturated heterocycles. The molecule has 9 rings (SSSR count). The number of hydrogen-bond donors (Lipinski definition) is 0. The van der Waals surface area contributed by atoms with Gasteiger partial charge < -0.3 is 19.6 Å². The van der Waals surface area contributed by atoms with Crippen LogP contribution in [0.3, 0.4) is 0 Å². The predicted molar refractivity (Wildman–Crippen MR) is 274 cm³/mol. The summed E-state index contributed by atoms with van der Waals surface area (Å²) in [4.78, 5) is 9.32. The van der Waals surface area contributed by atoms with E-state index in [1.165, 1.54) is 33.4 Å². The molecule has 0 radical (unpaired) electrons. The molecular weight excluding hydrogens is 777 g/mol. The SMILES string of the molecule is Cc1ccc(N(c2ccc(C)cc2)c2ccc(N(c3ccc(C)cc3)c3ccc(N(c4ccc(C)cc4)c4ccc(N(c5ccc(C)cc5)c5ccc(C)cc5)cc4)cc3)cc2)cc1. The number of anilines is 12. The lowest BCUT2D eigenvalue weighted by Crippen LogP contribution is -2.13. The van der Waals surface area contributed by atoms with Gasteiger partial charge in [0, 0.05) is 68.2 Å². The zero-order chi connectivity index (χ0) is 44.2. The second-order valence-electron chi connectivity index (χ2n) is 16.9. The van der Waals surface area contributed by atoms with Gasteiger partial charge in [-0.2, -0.15) is 0 Å². The Morgan fingerprint density at radius 1 is 0.141 bits per heavy atom. The average molecular weight is 831 g/mol. The number of nitrogens with zero attached hydrogens (tertiary/aromatic N) is 4. The van der Waals surface area contributed by atoms with Gasteiger partial charge in [0.1, 0.15) is 0 Å². The van der Waals surface area contributed by atoms with Crippen LogP contribution < -0.4 is 19.6 Å². The van der Waals surface area contributed by atoms with Gasteiger partial charge in [-0.1, -0.05) is 106 Å². The molecule has 0 aliphatic rings. The molecule has 0 saturated carbocycles. The number of benzene rings is 9. The van der Waals surface area contributed by atoms with Crippen molar-refractivity contribution >= 4 is 68.2 Å². The minimum atomic E-state index is 1.07. The summed E-state index contributed by atoms with van der Waals surface area (Å²) < 4.78 is 0. The van der Waals surface area contributed by atoms with Gasteiger partial charge in [0.25, 0.3) is 0 Å². The summed E-state index contributed by atoms with van der Waals surface area (Å²) in [5, 5.41) is 0. The van der Waals surface area contributed by atoms with E-state index in [4.69, 9.17) is 0 Å². The molecule has 64 heavy (non-hydrogen) atoms. The third-order valence-corrected chi connectivity index (χ3v) is 11.9. The van der Waals surface area contributed by atoms with Gasteiger partial charge in [-0.3, -0.25) is 0 Å². The second kappa shape index (κ2) is 18.3. The van der Waals surface area contributed by atoms with E-state index < -0.39 is 0 Å². The van der Waals surface area contributed by atoms with Crippen LogP contribution in [0.2, 0.25) is 0 Å². The molecule has 4 nitrogen and oxygen atoms in total. The quantitative estimate of drug-likeness (QED) is 0.122. The van der Waals surface area contributed by atoms with E-state index in [1.54, 1.807) is 0 Å². The van der Waals surface area contributed by atoms with Gasteiger partial charge in [-0.05, 0) is 187 Å². The third-order valence-electron chi connectivity index (χ3n) is 11.9. The zero-order valence-electron chi connectivity index (χ0n) is 37.6. The molecule has 4 heteroatoms. The first-order chi connectivity index (χ1) is 31.2. The topological polar surface area (TPSA) is 13.0 Å². The highest BCUT2D eigenvalue weighted by Crippen LogP contribution is 2.43. The van der Waals surface area contributed by atoms with Crippen molar-refractivity contribution in [2.45, 2.75) is 41.5 Å². The summed E-state index contributed by atoms with van der Waals surface area (Å²) in [6.45, 7) is 12.8. The molecule has 0 atom stereocenters. The van der Waals surface area contributed by atoms with Crippen molar-refractivity contribution in [1.29, 1.82) is 0 Å². The van der Waals surface area contributed by atoms with E-state index in [0.29, 0.717) is 0 Å². The van der Waals surface area contributed by atoms with E-state index >= 15 is 0 Å². The summed E-state index contributed by atoms with van der Waals surface area (Å²) in [7, 11) is 0. The maximum atomic E-state index is 2.34. The van der Waals surface area contributed by atoms with Crippen LogP contribution in [0.15, 0.2) is 218 Å². The highest BCUT2D eigenvalue weighted by Gasteiger charge is 2.19. The third kappa shape index (κ3) is 9.04. The number of aryl methyl sites for hydroxylation is 6. The van der Waals surface area contributed by atoms with Gasteiger partial charge in [-0.15, -0.1) is 0 Å². The molecule has 0 amide bonds. The van der Waals surface area contributed by atoms with E-state index in [0.717, 1.165) is 68.2 Å². The lowest BCUT2D eigenvalue weighted by molar-refractivity contribution is 1.23. The molecule has 9 aromatic rings. The van der Waals surface area contributed by atoms with Crippen LogP contribution in [-0.4, -0.2) is 0 Å². The predicted octanol–water partition coefficient (Wildman–Crippen LogP) is 17.4. The van der Waals surface area contributed by atoms with Crippen LogP contribution in [0.25, 0.3) is 0 Å². The van der Waals surface area contributed by atoms with E-state index in [-0.39, 0.29) is 0 Å². The van der Waals surface area contributed by atoms with Gasteiger partial charge in [-0.25, -0.2) is 0 Å². The molecule has 0 fully saturated rings. The Morgan fingerprint density at radius 2 is 0.219 bits per heavy atom. The molecule has 0 heterocycles. The molecule has 0 aliphatic heterocycles. The fourth-order valence-electron chi connectivity index (χ4n) is 8.20. The van der Waals surface area contributed by atoms with Gasteiger partial charge >= 0.3 is 0 Å². The van der Waals surface area contributed by atoms with Crippen molar-refractivity contribution in [2.75, 3.05) is 19.6 Å². The van der Waals surface area contributed by atoms with Crippen molar-refractivity contribution < 1.29 is 0 Å². The van der Waals surface area contributed by atoms with E-state index in [1.807, 2.05) is 0 Å². The van der Waals surface area contributed by atoms with Crippen LogP contribution in [0.4, 0.5) is 68.2 Å². The summed E-state index contributed by atoms with van der Waals surface area (Å²) in [6, 6.07) is 79.3. The first-order valence-corrected chi connectivity index (χ1v) is 22.1. The Labute approximate surface area is 379 Å². The van der Waals surface area contributed by atoms with Crippen molar-refractivity contribution in [3.8, 4) is 0 Å². The van der Waals surface area contributed by atoms with Crippen LogP contribution in [0, 0.1) is 41.5 Å². The monoisotopic (exact) mass is 830 g/mol. The molecule has 0 N–H and O–H groups in total. The Bertz CT molecular complexity index is 2620. The normalized spacial score (nSPS) is 11.0. The molecule has 0 bridgehead atoms. The highest BCUT2D eigenvalue weighted by atomic mass is 15.2. The van der Waals surface area contributed by atoms with E-state index in [2.05, 4.69) is 280 Å². The first-order valence-electron chi connectivity index (χ1n) is 22.1. The molecular formula is C60H54N4. The zero-order valence-corrected chi connectivity index (χ0v) is 37.6. The molecule has 0 unspecified atom stereocenters. The summed E-state index contributed by atoms with van der Waals surface area (Å²) in [6.07, 6.45) is 0. The average Bonchev–Trinajstić information content (AvgIpc) is 3.32. The van der Waals surface area contributed by atoms with Crippen molar-refractivity contribution in [2.24, 2.45) is 0 Å². The Hall–Kier alpha value is -7.82. The first kappa shape index (κ1) is 41.5. The Morgan fingerprint density at radius 3 is 0.312 bits per heavy atom. The maximum Gasteiger partial charge on any atom is 0.0463 e. The van der Waals surface area contributed by atoms with Gasteiger partial charge in [0.2, 0.25) is 0 Å². The number of rotatable bonds is 12. The van der Waals surface area contributed by atoms with Crippen molar-refractivity contribution in [3.63, 3.8) is 0 Å². The van der Waals surface area contributed by atoms with Crippen molar-refractivity contribution in [3.05, 3.63) is 252 Å². The fraction of sp³-hybridized carbons (Fsp3) is 0.100. The minimum absolute atomic E-state index is 1.07. The van der Waals surface area contributed by atoms with E-state index in [9.17, 15) is 0 Å². The van der Waals surface area contributed by atoms with Crippen molar-refractivity contribution in [1.82, 2.24) is 0 Å². The lowest BCUT2D eigenvalue weighted by Gasteiger charge is -2.30. The fourth-order valence-corrected chi connectivity index (χ4v) is 8.20. The maximum absolute atomic E-state index is 2.34. The van der Waals surface area contributed by atoms with Crippen LogP contribution in [0.5, 0.6) is 0 Å². The van der Waals surface area contributed by atoms with Gasteiger partial charge in [0.15, 0.2) is 0 Å². The standard InChI is InChI=1S/C60H54N4/c1-43-7-19-49(20-8-43)61(50-21-9-44(2)10-22-50)55-31-35-57(36-32-55)63(53-27-15-47(5)16-28-53)59-39-41-60(42-40-59)64(54-29-17-48(6)18-30-54)58-37-33-56(34-38-58)62(51-23-11-45(3)12-24-51)52-25-13-46(4)14-26-52/h7-42H,1-6H3. The molecule has 0 spiro atoms. The molecule has 9 aromatic carbocycles. The van der Waals surface area contributed by atoms with Crippen LogP contribution >= 0.6 is 0 Å².